The Hall–Kier alpha value is -3.13. The summed E-state index contributed by atoms with van der Waals surface area (Å²) in [6.45, 7) is 5.08. The second kappa shape index (κ2) is 10.6. The number of aromatic nitrogens is 1. The number of nitrogens with zero attached hydrogens (tertiary/aromatic N) is 3. The van der Waals surface area contributed by atoms with Crippen LogP contribution in [0, 0.1) is 0 Å². The number of ether oxygens (including phenoxy) is 1. The van der Waals surface area contributed by atoms with Crippen LogP contribution in [0.15, 0.2) is 66.7 Å². The summed E-state index contributed by atoms with van der Waals surface area (Å²) in [7, 11) is 1.62. The molecule has 3 aromatic carbocycles. The monoisotopic (exact) mass is 506 g/mol. The van der Waals surface area contributed by atoms with Gasteiger partial charge in [-0.3, -0.25) is 9.69 Å². The number of thiazole rings is 1. The van der Waals surface area contributed by atoms with Gasteiger partial charge in [-0.25, -0.2) is 4.98 Å². The molecule has 1 aromatic heterocycles. The first-order chi connectivity index (χ1) is 17.1. The van der Waals surface area contributed by atoms with Gasteiger partial charge in [0, 0.05) is 44.8 Å². The highest BCUT2D eigenvalue weighted by Crippen LogP contribution is 2.38. The Morgan fingerprint density at radius 3 is 2.43 bits per heavy atom. The van der Waals surface area contributed by atoms with E-state index >= 15 is 0 Å². The number of fused-ring (bicyclic) bond motifs is 1. The maximum Gasteiger partial charge on any atom is 0.251 e. The van der Waals surface area contributed by atoms with Crippen LogP contribution in [0.1, 0.15) is 10.4 Å². The summed E-state index contributed by atoms with van der Waals surface area (Å²) in [6.07, 6.45) is 0. The van der Waals surface area contributed by atoms with E-state index in [2.05, 4.69) is 27.2 Å². The summed E-state index contributed by atoms with van der Waals surface area (Å²) in [5.74, 6) is 0.598. The van der Waals surface area contributed by atoms with Gasteiger partial charge in [0.15, 0.2) is 10.9 Å². The van der Waals surface area contributed by atoms with Gasteiger partial charge in [-0.15, -0.1) is 0 Å². The second-order valence-corrected chi connectivity index (χ2v) is 9.87. The van der Waals surface area contributed by atoms with Gasteiger partial charge in [-0.05, 0) is 35.4 Å². The highest BCUT2D eigenvalue weighted by atomic mass is 35.5. The molecule has 35 heavy (non-hydrogen) atoms. The van der Waals surface area contributed by atoms with Crippen molar-refractivity contribution in [1.82, 2.24) is 15.2 Å². The molecule has 6 nitrogen and oxygen atoms in total. The van der Waals surface area contributed by atoms with E-state index in [1.54, 1.807) is 18.4 Å². The summed E-state index contributed by atoms with van der Waals surface area (Å²) in [6, 6.07) is 21.8. The number of piperazine rings is 1. The standard InChI is InChI=1S/C27H27ClN4O2S/c1-34-25-22(28)11-12-23-24(25)30-27(35-23)32-17-15-31(16-18-32)14-13-29-26(33)21-9-7-20(8-10-21)19-5-3-2-4-6-19/h2-12H,13-18H2,1H3,(H,29,33). The molecule has 0 saturated carbocycles. The first-order valence-electron chi connectivity index (χ1n) is 11.7. The molecule has 0 radical (unpaired) electrons. The van der Waals surface area contributed by atoms with Crippen molar-refractivity contribution in [2.75, 3.05) is 51.3 Å². The topological polar surface area (TPSA) is 57.7 Å². The van der Waals surface area contributed by atoms with Crippen LogP contribution >= 0.6 is 22.9 Å². The highest BCUT2D eigenvalue weighted by molar-refractivity contribution is 7.22. The Labute approximate surface area is 214 Å². The van der Waals surface area contributed by atoms with Gasteiger partial charge >= 0.3 is 0 Å². The zero-order chi connectivity index (χ0) is 24.2. The largest absolute Gasteiger partial charge is 0.493 e. The minimum Gasteiger partial charge on any atom is -0.493 e. The first-order valence-corrected chi connectivity index (χ1v) is 12.9. The van der Waals surface area contributed by atoms with Gasteiger partial charge in [0.05, 0.1) is 16.8 Å². The van der Waals surface area contributed by atoms with Crippen LogP contribution in [0.25, 0.3) is 21.3 Å². The third-order valence-electron chi connectivity index (χ3n) is 6.27. The lowest BCUT2D eigenvalue weighted by molar-refractivity contribution is 0.0948. The molecule has 0 spiro atoms. The van der Waals surface area contributed by atoms with Gasteiger partial charge in [-0.2, -0.15) is 0 Å². The zero-order valence-electron chi connectivity index (χ0n) is 19.5. The number of carbonyl (C=O) groups excluding carboxylic acids is 1. The number of methoxy groups -OCH3 is 1. The van der Waals surface area contributed by atoms with Crippen LogP contribution in [0.2, 0.25) is 5.02 Å². The fourth-order valence-electron chi connectivity index (χ4n) is 4.30. The zero-order valence-corrected chi connectivity index (χ0v) is 21.1. The quantitative estimate of drug-likeness (QED) is 0.374. The SMILES string of the molecule is COc1c(Cl)ccc2sc(N3CCN(CCNC(=O)c4ccc(-c5ccccc5)cc4)CC3)nc12. The molecule has 5 rings (SSSR count). The number of anilines is 1. The summed E-state index contributed by atoms with van der Waals surface area (Å²) < 4.78 is 6.52. The average Bonchev–Trinajstić information content (AvgIpc) is 3.34. The molecular formula is C27H27ClN4O2S. The number of nitrogens with one attached hydrogen (secondary N) is 1. The van der Waals surface area contributed by atoms with Crippen molar-refractivity contribution in [2.45, 2.75) is 0 Å². The van der Waals surface area contributed by atoms with Crippen molar-refractivity contribution in [2.24, 2.45) is 0 Å². The van der Waals surface area contributed by atoms with Crippen molar-refractivity contribution in [1.29, 1.82) is 0 Å². The molecule has 1 saturated heterocycles. The molecule has 1 fully saturated rings. The van der Waals surface area contributed by atoms with Crippen molar-refractivity contribution < 1.29 is 9.53 Å². The molecule has 1 aliphatic rings. The van der Waals surface area contributed by atoms with Crippen LogP contribution in [-0.4, -0.2) is 62.2 Å². The summed E-state index contributed by atoms with van der Waals surface area (Å²) >= 11 is 7.91. The van der Waals surface area contributed by atoms with Gasteiger partial charge < -0.3 is 15.0 Å². The third kappa shape index (κ3) is 5.27. The van der Waals surface area contributed by atoms with E-state index in [9.17, 15) is 4.79 Å². The Bertz CT molecular complexity index is 1300. The van der Waals surface area contributed by atoms with E-state index in [4.69, 9.17) is 21.3 Å². The van der Waals surface area contributed by atoms with Crippen molar-refractivity contribution >= 4 is 44.2 Å². The average molecular weight is 507 g/mol. The molecule has 0 atom stereocenters. The number of hydrogen-bond acceptors (Lipinski definition) is 6. The molecule has 8 heteroatoms. The first kappa shape index (κ1) is 23.6. The second-order valence-electron chi connectivity index (χ2n) is 8.45. The van der Waals surface area contributed by atoms with Gasteiger partial charge in [0.1, 0.15) is 5.52 Å². The van der Waals surface area contributed by atoms with E-state index in [1.165, 1.54) is 0 Å². The van der Waals surface area contributed by atoms with Crippen LogP contribution in [0.4, 0.5) is 5.13 Å². The molecule has 0 aliphatic carbocycles. The maximum atomic E-state index is 12.6. The number of carbonyl (C=O) groups is 1. The third-order valence-corrected chi connectivity index (χ3v) is 7.65. The van der Waals surface area contributed by atoms with Gasteiger partial charge in [0.25, 0.3) is 5.91 Å². The van der Waals surface area contributed by atoms with Crippen LogP contribution < -0.4 is 15.0 Å². The van der Waals surface area contributed by atoms with E-state index in [1.807, 2.05) is 54.6 Å². The minimum atomic E-state index is -0.0367. The Morgan fingerprint density at radius 1 is 1.00 bits per heavy atom. The lowest BCUT2D eigenvalue weighted by Crippen LogP contribution is -2.48. The molecule has 4 aromatic rings. The maximum absolute atomic E-state index is 12.6. The van der Waals surface area contributed by atoms with Gasteiger partial charge in [0.2, 0.25) is 0 Å². The van der Waals surface area contributed by atoms with Gasteiger partial charge in [-0.1, -0.05) is 65.4 Å². The fourth-order valence-corrected chi connectivity index (χ4v) is 5.55. The number of amides is 1. The lowest BCUT2D eigenvalue weighted by atomic mass is 10.0. The number of halogens is 1. The van der Waals surface area contributed by atoms with E-state index in [-0.39, 0.29) is 5.91 Å². The summed E-state index contributed by atoms with van der Waals surface area (Å²) in [5.41, 5.74) is 3.75. The van der Waals surface area contributed by atoms with Crippen LogP contribution in [-0.2, 0) is 0 Å². The molecule has 180 valence electrons. The predicted molar refractivity (Wildman–Crippen MR) is 144 cm³/mol. The molecule has 1 amide bonds. The normalized spacial score (nSPS) is 14.3. The summed E-state index contributed by atoms with van der Waals surface area (Å²) in [4.78, 5) is 22.0. The smallest absolute Gasteiger partial charge is 0.251 e. The van der Waals surface area contributed by atoms with E-state index in [0.29, 0.717) is 22.9 Å². The van der Waals surface area contributed by atoms with E-state index in [0.717, 1.165) is 59.2 Å². The number of hydrogen-bond donors (Lipinski definition) is 1. The summed E-state index contributed by atoms with van der Waals surface area (Å²) in [5, 5.41) is 4.63. The van der Waals surface area contributed by atoms with Crippen molar-refractivity contribution in [3.63, 3.8) is 0 Å². The minimum absolute atomic E-state index is 0.0367. The molecule has 1 aliphatic heterocycles. The van der Waals surface area contributed by atoms with Crippen molar-refractivity contribution in [3.05, 3.63) is 77.3 Å². The Kier molecular flexibility index (Phi) is 7.18. The Balaban J connectivity index is 1.10. The number of benzene rings is 3. The predicted octanol–water partition coefficient (Wildman–Crippen LogP) is 5.18. The fraction of sp³-hybridized carbons (Fsp3) is 0.259. The molecule has 2 heterocycles. The molecule has 0 unspecified atom stereocenters. The van der Waals surface area contributed by atoms with E-state index < -0.39 is 0 Å². The van der Waals surface area contributed by atoms with Crippen LogP contribution in [0.3, 0.4) is 0 Å². The Morgan fingerprint density at radius 2 is 1.71 bits per heavy atom. The molecule has 0 bridgehead atoms. The van der Waals surface area contributed by atoms with Crippen molar-refractivity contribution in [3.8, 4) is 16.9 Å². The highest BCUT2D eigenvalue weighted by Gasteiger charge is 2.21. The van der Waals surface area contributed by atoms with Crippen LogP contribution in [0.5, 0.6) is 5.75 Å². The lowest BCUT2D eigenvalue weighted by Gasteiger charge is -2.34. The molecular weight excluding hydrogens is 480 g/mol. The number of rotatable bonds is 7. The molecule has 1 N–H and O–H groups in total.